The molecule has 2 aromatic rings. The summed E-state index contributed by atoms with van der Waals surface area (Å²) in [6.07, 6.45) is 1.49. The lowest BCUT2D eigenvalue weighted by Crippen LogP contribution is -2.12. The second-order valence-corrected chi connectivity index (χ2v) is 4.57. The average molecular weight is 295 g/mol. The molecule has 0 atom stereocenters. The summed E-state index contributed by atoms with van der Waals surface area (Å²) in [4.78, 5) is 15.9. The van der Waals surface area contributed by atoms with Gasteiger partial charge in [-0.2, -0.15) is 4.98 Å². The first-order valence-corrected chi connectivity index (χ1v) is 5.85. The Morgan fingerprint density at radius 3 is 2.76 bits per heavy atom. The Bertz CT molecular complexity index is 563. The van der Waals surface area contributed by atoms with Crippen molar-refractivity contribution in [2.45, 2.75) is 13.8 Å². The zero-order chi connectivity index (χ0) is 12.4. The molecular weight excluding hydrogens is 284 g/mol. The molecule has 0 unspecified atom stereocenters. The first-order valence-electron chi connectivity index (χ1n) is 5.06. The largest absolute Gasteiger partial charge is 0.432 e. The topological polar surface area (TPSA) is 55.1 Å². The number of benzene rings is 1. The number of anilines is 1. The summed E-state index contributed by atoms with van der Waals surface area (Å²) in [6, 6.07) is 5.59. The van der Waals surface area contributed by atoms with E-state index in [1.54, 1.807) is 19.1 Å². The zero-order valence-corrected chi connectivity index (χ0v) is 11.0. The second kappa shape index (κ2) is 4.71. The van der Waals surface area contributed by atoms with Crippen molar-refractivity contribution < 1.29 is 9.21 Å². The number of hydrogen-bond donors (Lipinski definition) is 1. The number of hydrogen-bond acceptors (Lipinski definition) is 3. The molecule has 0 spiro atoms. The first kappa shape index (κ1) is 11.9. The number of nitrogens with one attached hydrogen (secondary N) is 1. The molecular formula is C12H11BrN2O2. The molecule has 0 aliphatic carbocycles. The number of rotatable bonds is 2. The van der Waals surface area contributed by atoms with Gasteiger partial charge in [0.25, 0.3) is 5.91 Å². The number of nitrogens with zero attached hydrogens (tertiary/aromatic N) is 1. The number of carbonyl (C=O) groups excluding carboxylic acids is 1. The van der Waals surface area contributed by atoms with Crippen molar-refractivity contribution in [3.63, 3.8) is 0 Å². The third-order valence-electron chi connectivity index (χ3n) is 2.26. The maximum atomic E-state index is 11.9. The van der Waals surface area contributed by atoms with Gasteiger partial charge in [-0.3, -0.25) is 10.1 Å². The number of aromatic nitrogens is 1. The van der Waals surface area contributed by atoms with Gasteiger partial charge in [0.1, 0.15) is 6.26 Å². The zero-order valence-electron chi connectivity index (χ0n) is 9.45. The van der Waals surface area contributed by atoms with Crippen LogP contribution in [-0.4, -0.2) is 10.9 Å². The van der Waals surface area contributed by atoms with E-state index < -0.39 is 0 Å². The van der Waals surface area contributed by atoms with Crippen molar-refractivity contribution in [1.82, 2.24) is 4.98 Å². The Morgan fingerprint density at radius 1 is 1.41 bits per heavy atom. The van der Waals surface area contributed by atoms with Gasteiger partial charge in [-0.15, -0.1) is 0 Å². The highest BCUT2D eigenvalue weighted by molar-refractivity contribution is 9.10. The van der Waals surface area contributed by atoms with E-state index in [-0.39, 0.29) is 11.9 Å². The first-order chi connectivity index (χ1) is 8.06. The van der Waals surface area contributed by atoms with Crippen LogP contribution in [0.25, 0.3) is 0 Å². The van der Waals surface area contributed by atoms with Crippen LogP contribution in [0.2, 0.25) is 0 Å². The molecule has 1 aromatic heterocycles. The molecule has 0 saturated carbocycles. The predicted octanol–water partition coefficient (Wildman–Crippen LogP) is 3.31. The maximum absolute atomic E-state index is 11.9. The van der Waals surface area contributed by atoms with E-state index in [4.69, 9.17) is 4.42 Å². The number of carbonyl (C=O) groups is 1. The van der Waals surface area contributed by atoms with Crippen molar-refractivity contribution in [3.05, 3.63) is 45.8 Å². The molecule has 88 valence electrons. The molecule has 1 aromatic carbocycles. The Hall–Kier alpha value is -1.62. The number of aryl methyl sites for hydroxylation is 2. The standard InChI is InChI=1S/C12H11BrN2O2/c1-7-5-9(3-4-10(7)13)11(16)15-12-14-8(2)6-17-12/h3-6H,1-2H3,(H,14,15,16). The van der Waals surface area contributed by atoms with Gasteiger partial charge >= 0.3 is 6.01 Å². The summed E-state index contributed by atoms with van der Waals surface area (Å²) in [7, 11) is 0. The smallest absolute Gasteiger partial charge is 0.301 e. The molecule has 0 saturated heterocycles. The predicted molar refractivity (Wildman–Crippen MR) is 68.1 cm³/mol. The minimum Gasteiger partial charge on any atom is -0.432 e. The van der Waals surface area contributed by atoms with Crippen molar-refractivity contribution in [2.75, 3.05) is 5.32 Å². The fraction of sp³-hybridized carbons (Fsp3) is 0.167. The van der Waals surface area contributed by atoms with Gasteiger partial charge in [0.15, 0.2) is 0 Å². The number of oxazole rings is 1. The van der Waals surface area contributed by atoms with Gasteiger partial charge in [0.05, 0.1) is 5.69 Å². The van der Waals surface area contributed by atoms with E-state index in [1.165, 1.54) is 6.26 Å². The summed E-state index contributed by atoms with van der Waals surface area (Å²) < 4.78 is 6.03. The van der Waals surface area contributed by atoms with Gasteiger partial charge in [-0.1, -0.05) is 15.9 Å². The van der Waals surface area contributed by atoms with Gasteiger partial charge in [0.2, 0.25) is 0 Å². The van der Waals surface area contributed by atoms with Crippen LogP contribution in [0.3, 0.4) is 0 Å². The molecule has 2 rings (SSSR count). The van der Waals surface area contributed by atoms with Crippen LogP contribution in [0.15, 0.2) is 33.4 Å². The van der Waals surface area contributed by atoms with Crippen LogP contribution in [-0.2, 0) is 0 Å². The minimum atomic E-state index is -0.234. The highest BCUT2D eigenvalue weighted by Gasteiger charge is 2.10. The SMILES string of the molecule is Cc1coc(NC(=O)c2ccc(Br)c(C)c2)n1. The molecule has 0 bridgehead atoms. The summed E-state index contributed by atoms with van der Waals surface area (Å²) in [5.41, 5.74) is 2.30. The summed E-state index contributed by atoms with van der Waals surface area (Å²) >= 11 is 3.39. The van der Waals surface area contributed by atoms with Crippen molar-refractivity contribution >= 4 is 27.9 Å². The highest BCUT2D eigenvalue weighted by atomic mass is 79.9. The van der Waals surface area contributed by atoms with Crippen LogP contribution < -0.4 is 5.32 Å². The van der Waals surface area contributed by atoms with E-state index in [0.717, 1.165) is 15.7 Å². The monoisotopic (exact) mass is 294 g/mol. The molecule has 1 amide bonds. The average Bonchev–Trinajstić information content (AvgIpc) is 2.68. The summed E-state index contributed by atoms with van der Waals surface area (Å²) in [5.74, 6) is -0.234. The fourth-order valence-corrected chi connectivity index (χ4v) is 1.61. The van der Waals surface area contributed by atoms with Crippen LogP contribution in [0.4, 0.5) is 6.01 Å². The van der Waals surface area contributed by atoms with Crippen LogP contribution in [0.5, 0.6) is 0 Å². The van der Waals surface area contributed by atoms with Crippen molar-refractivity contribution in [1.29, 1.82) is 0 Å². The molecule has 0 radical (unpaired) electrons. The van der Waals surface area contributed by atoms with Crippen LogP contribution in [0, 0.1) is 13.8 Å². The Kier molecular flexibility index (Phi) is 3.28. The van der Waals surface area contributed by atoms with Crippen molar-refractivity contribution in [3.8, 4) is 0 Å². The quantitative estimate of drug-likeness (QED) is 0.924. The highest BCUT2D eigenvalue weighted by Crippen LogP contribution is 2.18. The molecule has 4 nitrogen and oxygen atoms in total. The van der Waals surface area contributed by atoms with Gasteiger partial charge < -0.3 is 4.42 Å². The van der Waals surface area contributed by atoms with E-state index in [1.807, 2.05) is 13.0 Å². The van der Waals surface area contributed by atoms with E-state index >= 15 is 0 Å². The van der Waals surface area contributed by atoms with Gasteiger partial charge in [-0.25, -0.2) is 0 Å². The second-order valence-electron chi connectivity index (χ2n) is 3.71. The molecule has 17 heavy (non-hydrogen) atoms. The lowest BCUT2D eigenvalue weighted by atomic mass is 10.1. The maximum Gasteiger partial charge on any atom is 0.301 e. The molecule has 0 fully saturated rings. The summed E-state index contributed by atoms with van der Waals surface area (Å²) in [5, 5.41) is 2.59. The summed E-state index contributed by atoms with van der Waals surface area (Å²) in [6.45, 7) is 3.72. The van der Waals surface area contributed by atoms with E-state index in [0.29, 0.717) is 5.56 Å². The van der Waals surface area contributed by atoms with E-state index in [9.17, 15) is 4.79 Å². The van der Waals surface area contributed by atoms with Crippen molar-refractivity contribution in [2.24, 2.45) is 0 Å². The Labute approximate surface area is 107 Å². The number of amides is 1. The van der Waals surface area contributed by atoms with Crippen LogP contribution in [0.1, 0.15) is 21.6 Å². The number of halogens is 1. The van der Waals surface area contributed by atoms with Gasteiger partial charge in [-0.05, 0) is 37.6 Å². The van der Waals surface area contributed by atoms with Crippen LogP contribution >= 0.6 is 15.9 Å². The lowest BCUT2D eigenvalue weighted by Gasteiger charge is -2.03. The molecule has 1 N–H and O–H groups in total. The Morgan fingerprint density at radius 2 is 2.18 bits per heavy atom. The Balaban J connectivity index is 2.17. The van der Waals surface area contributed by atoms with Gasteiger partial charge in [0, 0.05) is 10.0 Å². The third kappa shape index (κ3) is 2.74. The fourth-order valence-electron chi connectivity index (χ4n) is 1.37. The lowest BCUT2D eigenvalue weighted by molar-refractivity contribution is 0.102. The molecule has 5 heteroatoms. The molecule has 0 aliphatic rings. The normalized spacial score (nSPS) is 10.3. The molecule has 0 aliphatic heterocycles. The van der Waals surface area contributed by atoms with E-state index in [2.05, 4.69) is 26.2 Å². The molecule has 1 heterocycles. The third-order valence-corrected chi connectivity index (χ3v) is 3.15. The minimum absolute atomic E-state index is 0.216.